The lowest BCUT2D eigenvalue weighted by molar-refractivity contribution is -0.141. The van der Waals surface area contributed by atoms with Crippen LogP contribution >= 0.6 is 12.4 Å². The second kappa shape index (κ2) is 10.8. The van der Waals surface area contributed by atoms with E-state index < -0.39 is 29.7 Å². The maximum Gasteiger partial charge on any atom is 0.433 e. The molecule has 1 aromatic rings. The lowest BCUT2D eigenvalue weighted by Gasteiger charge is -2.15. The number of nitrogens with one attached hydrogen (secondary N) is 3. The standard InChI is InChI=1S/C14H21F3N6O2.ClH/c1-8(2)11(18)12(25)22-7-10(24)19-5-6-21-13-20-4-3-9(23-13)14(15,16)17;/h3-4,8,11H,5-7,18H2,1-2H3,(H,19,24)(H,22,25)(H,20,21,23);1H/t11-;/m0./s1. The molecule has 12 heteroatoms. The molecule has 148 valence electrons. The Labute approximate surface area is 154 Å². The van der Waals surface area contributed by atoms with Gasteiger partial charge in [-0.3, -0.25) is 9.59 Å². The summed E-state index contributed by atoms with van der Waals surface area (Å²) in [6.07, 6.45) is -3.56. The predicted octanol–water partition coefficient (Wildman–Crippen LogP) is 0.545. The predicted molar refractivity (Wildman–Crippen MR) is 91.6 cm³/mol. The molecule has 5 N–H and O–H groups in total. The van der Waals surface area contributed by atoms with Crippen LogP contribution in [-0.4, -0.2) is 47.5 Å². The second-order valence-electron chi connectivity index (χ2n) is 5.53. The van der Waals surface area contributed by atoms with Gasteiger partial charge in [0, 0.05) is 19.3 Å². The van der Waals surface area contributed by atoms with Crippen LogP contribution in [0, 0.1) is 5.92 Å². The molecule has 0 unspecified atom stereocenters. The minimum absolute atomic E-state index is 0. The molecule has 8 nitrogen and oxygen atoms in total. The molecule has 0 radical (unpaired) electrons. The third-order valence-corrected chi connectivity index (χ3v) is 3.12. The molecule has 0 saturated heterocycles. The number of hydrogen-bond donors (Lipinski definition) is 4. The largest absolute Gasteiger partial charge is 0.433 e. The number of halogens is 4. The third kappa shape index (κ3) is 8.30. The Bertz CT molecular complexity index is 600. The highest BCUT2D eigenvalue weighted by atomic mass is 35.5. The molecular formula is C14H22ClF3N6O2. The molecule has 1 heterocycles. The molecule has 0 aliphatic carbocycles. The van der Waals surface area contributed by atoms with E-state index in [4.69, 9.17) is 5.73 Å². The first-order chi connectivity index (χ1) is 11.6. The normalized spacial score (nSPS) is 12.1. The van der Waals surface area contributed by atoms with Crippen molar-refractivity contribution in [2.24, 2.45) is 11.7 Å². The zero-order valence-electron chi connectivity index (χ0n) is 14.3. The third-order valence-electron chi connectivity index (χ3n) is 3.12. The van der Waals surface area contributed by atoms with Crippen LogP contribution in [0.1, 0.15) is 19.5 Å². The van der Waals surface area contributed by atoms with Gasteiger partial charge < -0.3 is 21.7 Å². The first kappa shape index (κ1) is 23.9. The van der Waals surface area contributed by atoms with E-state index in [1.165, 1.54) is 0 Å². The van der Waals surface area contributed by atoms with Crippen molar-refractivity contribution in [1.29, 1.82) is 0 Å². The van der Waals surface area contributed by atoms with Crippen LogP contribution in [0.25, 0.3) is 0 Å². The summed E-state index contributed by atoms with van der Waals surface area (Å²) in [5, 5.41) is 7.45. The van der Waals surface area contributed by atoms with Crippen LogP contribution in [0.2, 0.25) is 0 Å². The zero-order valence-corrected chi connectivity index (χ0v) is 15.1. The van der Waals surface area contributed by atoms with Crippen LogP contribution in [0.3, 0.4) is 0 Å². The summed E-state index contributed by atoms with van der Waals surface area (Å²) in [5.41, 5.74) is 4.57. The molecule has 1 rings (SSSR count). The van der Waals surface area contributed by atoms with Crippen molar-refractivity contribution >= 4 is 30.2 Å². The Morgan fingerprint density at radius 3 is 2.46 bits per heavy atom. The average Bonchev–Trinajstić information content (AvgIpc) is 2.55. The summed E-state index contributed by atoms with van der Waals surface area (Å²) in [7, 11) is 0. The molecule has 2 amide bonds. The first-order valence-corrected chi connectivity index (χ1v) is 7.55. The molecule has 0 fully saturated rings. The Hall–Kier alpha value is -2.14. The van der Waals surface area contributed by atoms with Crippen LogP contribution in [0.5, 0.6) is 0 Å². The topological polar surface area (TPSA) is 122 Å². The summed E-state index contributed by atoms with van der Waals surface area (Å²) < 4.78 is 37.5. The fourth-order valence-electron chi connectivity index (χ4n) is 1.63. The molecule has 0 spiro atoms. The van der Waals surface area contributed by atoms with E-state index in [1.807, 2.05) is 0 Å². The van der Waals surface area contributed by atoms with Crippen LogP contribution in [-0.2, 0) is 15.8 Å². The van der Waals surface area contributed by atoms with E-state index >= 15 is 0 Å². The van der Waals surface area contributed by atoms with Gasteiger partial charge in [0.2, 0.25) is 17.8 Å². The number of alkyl halides is 3. The highest BCUT2D eigenvalue weighted by Gasteiger charge is 2.32. The van der Waals surface area contributed by atoms with Gasteiger partial charge in [-0.1, -0.05) is 13.8 Å². The van der Waals surface area contributed by atoms with E-state index in [0.29, 0.717) is 0 Å². The summed E-state index contributed by atoms with van der Waals surface area (Å²) in [4.78, 5) is 30.1. The van der Waals surface area contributed by atoms with Gasteiger partial charge in [0.25, 0.3) is 0 Å². The van der Waals surface area contributed by atoms with Gasteiger partial charge in [-0.15, -0.1) is 12.4 Å². The van der Waals surface area contributed by atoms with Gasteiger partial charge in [-0.25, -0.2) is 9.97 Å². The Kier molecular flexibility index (Phi) is 9.88. The van der Waals surface area contributed by atoms with E-state index in [-0.39, 0.29) is 43.9 Å². The van der Waals surface area contributed by atoms with E-state index in [1.54, 1.807) is 13.8 Å². The van der Waals surface area contributed by atoms with Crippen LogP contribution < -0.4 is 21.7 Å². The number of aromatic nitrogens is 2. The summed E-state index contributed by atoms with van der Waals surface area (Å²) >= 11 is 0. The minimum atomic E-state index is -4.55. The van der Waals surface area contributed by atoms with Crippen molar-refractivity contribution in [3.05, 3.63) is 18.0 Å². The zero-order chi connectivity index (χ0) is 19.0. The Balaban J connectivity index is 0.00000625. The molecule has 1 atom stereocenters. The van der Waals surface area contributed by atoms with Crippen molar-refractivity contribution in [1.82, 2.24) is 20.6 Å². The summed E-state index contributed by atoms with van der Waals surface area (Å²) in [6, 6.07) is 0.0600. The molecule has 0 aliphatic rings. The first-order valence-electron chi connectivity index (χ1n) is 7.55. The van der Waals surface area contributed by atoms with Crippen molar-refractivity contribution in [3.63, 3.8) is 0 Å². The molecule has 0 bridgehead atoms. The maximum atomic E-state index is 12.5. The van der Waals surface area contributed by atoms with Crippen molar-refractivity contribution in [2.75, 3.05) is 25.0 Å². The number of carbonyl (C=O) groups is 2. The van der Waals surface area contributed by atoms with E-state index in [9.17, 15) is 22.8 Å². The average molecular weight is 399 g/mol. The quantitative estimate of drug-likeness (QED) is 0.474. The molecule has 26 heavy (non-hydrogen) atoms. The van der Waals surface area contributed by atoms with E-state index in [0.717, 1.165) is 12.3 Å². The van der Waals surface area contributed by atoms with Gasteiger partial charge in [0.15, 0.2) is 0 Å². The molecule has 0 aliphatic heterocycles. The lowest BCUT2D eigenvalue weighted by Crippen LogP contribution is -2.47. The Morgan fingerprint density at radius 1 is 1.23 bits per heavy atom. The van der Waals surface area contributed by atoms with Crippen molar-refractivity contribution in [3.8, 4) is 0 Å². The number of amides is 2. The molecule has 0 saturated carbocycles. The van der Waals surface area contributed by atoms with Crippen LogP contribution in [0.4, 0.5) is 19.1 Å². The van der Waals surface area contributed by atoms with Crippen molar-refractivity contribution in [2.45, 2.75) is 26.1 Å². The van der Waals surface area contributed by atoms with Gasteiger partial charge in [-0.2, -0.15) is 13.2 Å². The van der Waals surface area contributed by atoms with Gasteiger partial charge in [0.05, 0.1) is 12.6 Å². The van der Waals surface area contributed by atoms with Crippen LogP contribution in [0.15, 0.2) is 12.3 Å². The van der Waals surface area contributed by atoms with Gasteiger partial charge >= 0.3 is 6.18 Å². The highest BCUT2D eigenvalue weighted by Crippen LogP contribution is 2.27. The van der Waals surface area contributed by atoms with Crippen molar-refractivity contribution < 1.29 is 22.8 Å². The Morgan fingerprint density at radius 2 is 1.88 bits per heavy atom. The number of anilines is 1. The SMILES string of the molecule is CC(C)[C@H](N)C(=O)NCC(=O)NCCNc1nccc(C(F)(F)F)n1.Cl. The fourth-order valence-corrected chi connectivity index (χ4v) is 1.63. The smallest absolute Gasteiger partial charge is 0.353 e. The summed E-state index contributed by atoms with van der Waals surface area (Å²) in [5.74, 6) is -1.13. The second-order valence-corrected chi connectivity index (χ2v) is 5.53. The number of hydrogen-bond acceptors (Lipinski definition) is 6. The number of rotatable bonds is 8. The number of carbonyl (C=O) groups excluding carboxylic acids is 2. The maximum absolute atomic E-state index is 12.5. The monoisotopic (exact) mass is 398 g/mol. The lowest BCUT2D eigenvalue weighted by atomic mass is 10.1. The van der Waals surface area contributed by atoms with Gasteiger partial charge in [0.1, 0.15) is 5.69 Å². The molecular weight excluding hydrogens is 377 g/mol. The number of nitrogens with two attached hydrogens (primary N) is 1. The minimum Gasteiger partial charge on any atom is -0.353 e. The number of nitrogens with zero attached hydrogens (tertiary/aromatic N) is 2. The molecule has 0 aromatic carbocycles. The highest BCUT2D eigenvalue weighted by molar-refractivity contribution is 5.87. The summed E-state index contributed by atoms with van der Waals surface area (Å²) in [6.45, 7) is 3.56. The van der Waals surface area contributed by atoms with E-state index in [2.05, 4.69) is 25.9 Å². The van der Waals surface area contributed by atoms with Gasteiger partial charge in [-0.05, 0) is 12.0 Å². The fraction of sp³-hybridized carbons (Fsp3) is 0.571. The molecule has 1 aromatic heterocycles.